The Morgan fingerprint density at radius 2 is 1.93 bits per heavy atom. The first-order valence-corrected chi connectivity index (χ1v) is 8.87. The number of aromatic amines is 1. The van der Waals surface area contributed by atoms with Crippen molar-refractivity contribution in [3.8, 4) is 11.4 Å². The van der Waals surface area contributed by atoms with Crippen molar-refractivity contribution in [2.24, 2.45) is 7.05 Å². The molecule has 3 aromatic rings. The van der Waals surface area contributed by atoms with Gasteiger partial charge in [0.1, 0.15) is 5.82 Å². The Bertz CT molecular complexity index is 1000. The molecule has 0 amide bonds. The summed E-state index contributed by atoms with van der Waals surface area (Å²) in [4.78, 5) is 24.7. The first-order chi connectivity index (χ1) is 12.5. The van der Waals surface area contributed by atoms with Crippen molar-refractivity contribution in [3.05, 3.63) is 45.9 Å². The van der Waals surface area contributed by atoms with Crippen LogP contribution in [0.15, 0.2) is 23.0 Å². The molecule has 4 rings (SSSR count). The third-order valence-electron chi connectivity index (χ3n) is 5.08. The van der Waals surface area contributed by atoms with Gasteiger partial charge in [0.15, 0.2) is 5.56 Å². The van der Waals surface area contributed by atoms with Gasteiger partial charge in [-0.15, -0.1) is 0 Å². The second-order valence-corrected chi connectivity index (χ2v) is 7.08. The van der Waals surface area contributed by atoms with E-state index >= 15 is 0 Å². The molecule has 0 spiro atoms. The zero-order chi connectivity index (χ0) is 18.3. The molecule has 0 unspecified atom stereocenters. The van der Waals surface area contributed by atoms with Crippen LogP contribution in [0.2, 0.25) is 0 Å². The van der Waals surface area contributed by atoms with Gasteiger partial charge in [-0.25, -0.2) is 0 Å². The summed E-state index contributed by atoms with van der Waals surface area (Å²) in [5.41, 5.74) is 4.01. The van der Waals surface area contributed by atoms with Gasteiger partial charge in [-0.1, -0.05) is 23.8 Å². The number of hydrogen-bond acceptors (Lipinski definition) is 5. The van der Waals surface area contributed by atoms with Gasteiger partial charge in [-0.3, -0.25) is 14.7 Å². The molecule has 8 heteroatoms. The third-order valence-corrected chi connectivity index (χ3v) is 5.08. The molecule has 0 aliphatic carbocycles. The van der Waals surface area contributed by atoms with E-state index in [-0.39, 0.29) is 46.9 Å². The second kappa shape index (κ2) is 8.47. The fourth-order valence-corrected chi connectivity index (χ4v) is 3.43. The molecule has 0 atom stereocenters. The zero-order valence-electron chi connectivity index (χ0n) is 16.0. The van der Waals surface area contributed by atoms with Crippen LogP contribution in [0.3, 0.4) is 0 Å². The number of piperazine rings is 1. The Kier molecular flexibility index (Phi) is 6.46. The maximum atomic E-state index is 12.4. The van der Waals surface area contributed by atoms with Crippen molar-refractivity contribution in [2.45, 2.75) is 13.5 Å². The molecule has 0 saturated carbocycles. The Morgan fingerprint density at radius 3 is 2.67 bits per heavy atom. The number of nitrogens with zero attached hydrogens (tertiary/aromatic N) is 5. The van der Waals surface area contributed by atoms with Crippen LogP contribution in [-0.2, 0) is 13.6 Å². The van der Waals surface area contributed by atoms with Gasteiger partial charge >= 0.3 is 0 Å². The number of nitrogens with one attached hydrogen (secondary N) is 1. The monoisotopic (exact) mass is 492 g/mol. The van der Waals surface area contributed by atoms with Crippen LogP contribution in [0.5, 0.6) is 0 Å². The molecule has 1 saturated heterocycles. The molecular formula is C19H23N6OPr-. The number of aryl methyl sites for hydroxylation is 2. The van der Waals surface area contributed by atoms with Crippen LogP contribution in [0.1, 0.15) is 11.1 Å². The van der Waals surface area contributed by atoms with Crippen molar-refractivity contribution in [3.63, 3.8) is 0 Å². The van der Waals surface area contributed by atoms with Gasteiger partial charge in [0.2, 0.25) is 0 Å². The van der Waals surface area contributed by atoms with E-state index in [4.69, 9.17) is 0 Å². The van der Waals surface area contributed by atoms with Gasteiger partial charge in [-0.05, 0) is 36.7 Å². The van der Waals surface area contributed by atoms with Crippen LogP contribution in [-0.4, -0.2) is 62.8 Å². The number of aromatic nitrogens is 4. The second-order valence-electron chi connectivity index (χ2n) is 7.08. The van der Waals surface area contributed by atoms with E-state index in [0.29, 0.717) is 16.9 Å². The number of H-pyrrole nitrogens is 1. The normalized spacial score (nSPS) is 15.8. The van der Waals surface area contributed by atoms with Crippen molar-refractivity contribution in [1.82, 2.24) is 29.5 Å². The van der Waals surface area contributed by atoms with Gasteiger partial charge in [0.05, 0.1) is 0 Å². The van der Waals surface area contributed by atoms with Crippen LogP contribution in [0, 0.1) is 54.4 Å². The van der Waals surface area contributed by atoms with Gasteiger partial charge in [0, 0.05) is 86.6 Å². The predicted octanol–water partition coefficient (Wildman–Crippen LogP) is 1.18. The first-order valence-electron chi connectivity index (χ1n) is 8.87. The summed E-state index contributed by atoms with van der Waals surface area (Å²) in [6, 6.07) is 6.38. The number of likely N-dealkylation sites (N-methyl/N-ethyl adjacent to an activating group) is 1. The maximum absolute atomic E-state index is 12.4. The molecule has 2 aromatic heterocycles. The fraction of sp³-hybridized carbons (Fsp3) is 0.421. The minimum absolute atomic E-state index is 0. The number of rotatable bonds is 3. The molecule has 1 fully saturated rings. The molecule has 1 aliphatic rings. The van der Waals surface area contributed by atoms with E-state index < -0.39 is 0 Å². The van der Waals surface area contributed by atoms with Crippen LogP contribution < -0.4 is 5.56 Å². The summed E-state index contributed by atoms with van der Waals surface area (Å²) in [5, 5.41) is 4.01. The summed E-state index contributed by atoms with van der Waals surface area (Å²) in [5.74, 6) is 0.574. The standard InChI is InChI=1S/C19H23N6O.Pr/c1-13-4-5-14(12-25-8-6-23(2)7-9-25)10-15(13)18-21-16-11-20-24(3)17(16)19(26)22-18;/h4-5,10H,6-9,12H2,1-3H3,(H,21,22,26);/q-1;. The maximum Gasteiger partial charge on any atom is 0.194 e. The van der Waals surface area contributed by atoms with E-state index in [2.05, 4.69) is 56.3 Å². The number of benzene rings is 1. The summed E-state index contributed by atoms with van der Waals surface area (Å²) in [7, 11) is 3.88. The molecule has 1 aliphatic heterocycles. The molecule has 1 radical (unpaired) electrons. The Labute approximate surface area is 191 Å². The fourth-order valence-electron chi connectivity index (χ4n) is 3.43. The Hall–Kier alpha value is -1.15. The molecule has 3 heterocycles. The third kappa shape index (κ3) is 4.31. The van der Waals surface area contributed by atoms with E-state index in [1.54, 1.807) is 7.05 Å². The Morgan fingerprint density at radius 1 is 1.19 bits per heavy atom. The summed E-state index contributed by atoms with van der Waals surface area (Å²) < 4.78 is 1.50. The van der Waals surface area contributed by atoms with Crippen molar-refractivity contribution >= 4 is 11.0 Å². The van der Waals surface area contributed by atoms with E-state index in [1.165, 1.54) is 10.2 Å². The quantitative estimate of drug-likeness (QED) is 0.557. The number of fused-ring (bicyclic) bond motifs is 1. The molecule has 1 N–H and O–H groups in total. The number of hydrogen-bond donors (Lipinski definition) is 1. The summed E-state index contributed by atoms with van der Waals surface area (Å²) in [6.07, 6.45) is 2.81. The zero-order valence-corrected chi connectivity index (χ0v) is 19.7. The molecular weight excluding hydrogens is 469 g/mol. The summed E-state index contributed by atoms with van der Waals surface area (Å²) >= 11 is 0. The smallest absolute Gasteiger partial charge is 0.194 e. The molecule has 27 heavy (non-hydrogen) atoms. The minimum atomic E-state index is -0.190. The average Bonchev–Trinajstić information content (AvgIpc) is 3.00. The predicted molar refractivity (Wildman–Crippen MR) is 101 cm³/mol. The molecule has 0 bridgehead atoms. The molecule has 139 valence electrons. The van der Waals surface area contributed by atoms with Gasteiger partial charge < -0.3 is 19.7 Å². The van der Waals surface area contributed by atoms with E-state index in [9.17, 15) is 4.79 Å². The van der Waals surface area contributed by atoms with E-state index in [1.807, 2.05) is 6.92 Å². The van der Waals surface area contributed by atoms with Crippen LogP contribution in [0.25, 0.3) is 22.4 Å². The van der Waals surface area contributed by atoms with Gasteiger partial charge in [0.25, 0.3) is 0 Å². The van der Waals surface area contributed by atoms with Crippen LogP contribution in [0.4, 0.5) is 0 Å². The van der Waals surface area contributed by atoms with Crippen molar-refractivity contribution in [1.29, 1.82) is 0 Å². The molecule has 7 nitrogen and oxygen atoms in total. The largest absolute Gasteiger partial charge is 0.358 e. The topological polar surface area (TPSA) is 70.1 Å². The molecule has 1 aromatic carbocycles. The van der Waals surface area contributed by atoms with Gasteiger partial charge in [-0.2, -0.15) is 0 Å². The summed E-state index contributed by atoms with van der Waals surface area (Å²) in [6.45, 7) is 7.29. The van der Waals surface area contributed by atoms with Crippen molar-refractivity contribution < 1.29 is 41.3 Å². The Balaban J connectivity index is 0.00000210. The van der Waals surface area contributed by atoms with Crippen molar-refractivity contribution in [2.75, 3.05) is 33.2 Å². The average molecular weight is 492 g/mol. The minimum Gasteiger partial charge on any atom is -0.358 e. The SMILES string of the molecule is Cc1ccc(CN2CCN(C)CC2)cc1-c1nc2[c-]nn(C)c2c(=O)[nH]1.[Pr]. The first kappa shape index (κ1) is 20.6. The van der Waals surface area contributed by atoms with Crippen LogP contribution >= 0.6 is 0 Å². The van der Waals surface area contributed by atoms with E-state index in [0.717, 1.165) is 43.9 Å².